The van der Waals surface area contributed by atoms with Crippen molar-refractivity contribution in [1.29, 1.82) is 0 Å². The van der Waals surface area contributed by atoms with E-state index in [4.69, 9.17) is 4.74 Å². The summed E-state index contributed by atoms with van der Waals surface area (Å²) >= 11 is 0. The van der Waals surface area contributed by atoms with E-state index < -0.39 is 0 Å². The third-order valence-corrected chi connectivity index (χ3v) is 3.80. The fourth-order valence-electron chi connectivity index (χ4n) is 2.46. The van der Waals surface area contributed by atoms with Gasteiger partial charge in [-0.3, -0.25) is 4.79 Å². The lowest BCUT2D eigenvalue weighted by atomic mass is 9.99. The molecule has 0 bridgehead atoms. The lowest BCUT2D eigenvalue weighted by Gasteiger charge is -2.27. The SMILES string of the molecule is CC(C)(NC(=O)COC1CCNCC1)C1CC1. The van der Waals surface area contributed by atoms with Crippen LogP contribution in [0.1, 0.15) is 39.5 Å². The van der Waals surface area contributed by atoms with Gasteiger partial charge in [0, 0.05) is 5.54 Å². The number of hydrogen-bond acceptors (Lipinski definition) is 3. The van der Waals surface area contributed by atoms with E-state index in [0.717, 1.165) is 25.9 Å². The molecule has 1 saturated heterocycles. The molecule has 0 aromatic carbocycles. The minimum atomic E-state index is -0.0609. The second-order valence-electron chi connectivity index (χ2n) is 5.80. The fraction of sp³-hybridized carbons (Fsp3) is 0.923. The third-order valence-electron chi connectivity index (χ3n) is 3.80. The fourth-order valence-corrected chi connectivity index (χ4v) is 2.46. The van der Waals surface area contributed by atoms with Gasteiger partial charge in [-0.15, -0.1) is 0 Å². The van der Waals surface area contributed by atoms with Crippen LogP contribution in [-0.2, 0) is 9.53 Å². The van der Waals surface area contributed by atoms with Gasteiger partial charge in [0.25, 0.3) is 0 Å². The van der Waals surface area contributed by atoms with Gasteiger partial charge in [0.2, 0.25) is 5.91 Å². The van der Waals surface area contributed by atoms with Crippen molar-refractivity contribution >= 4 is 5.91 Å². The predicted molar refractivity (Wildman–Crippen MR) is 66.8 cm³/mol. The van der Waals surface area contributed by atoms with Gasteiger partial charge in [-0.2, -0.15) is 0 Å². The number of hydrogen-bond donors (Lipinski definition) is 2. The highest BCUT2D eigenvalue weighted by Gasteiger charge is 2.38. The summed E-state index contributed by atoms with van der Waals surface area (Å²) in [5.41, 5.74) is -0.0609. The van der Waals surface area contributed by atoms with Gasteiger partial charge in [0.15, 0.2) is 0 Å². The van der Waals surface area contributed by atoms with Gasteiger partial charge in [-0.1, -0.05) is 0 Å². The molecule has 4 nitrogen and oxygen atoms in total. The van der Waals surface area contributed by atoms with Crippen molar-refractivity contribution in [3.8, 4) is 0 Å². The largest absolute Gasteiger partial charge is 0.368 e. The van der Waals surface area contributed by atoms with E-state index >= 15 is 0 Å². The quantitative estimate of drug-likeness (QED) is 0.755. The highest BCUT2D eigenvalue weighted by atomic mass is 16.5. The highest BCUT2D eigenvalue weighted by Crippen LogP contribution is 2.39. The molecule has 0 radical (unpaired) electrons. The molecule has 1 heterocycles. The molecule has 1 aliphatic carbocycles. The van der Waals surface area contributed by atoms with E-state index in [1.807, 2.05) is 0 Å². The molecule has 1 aliphatic heterocycles. The normalized spacial score (nSPS) is 22.5. The average molecular weight is 240 g/mol. The maximum Gasteiger partial charge on any atom is 0.246 e. The minimum Gasteiger partial charge on any atom is -0.368 e. The first kappa shape index (κ1) is 12.8. The summed E-state index contributed by atoms with van der Waals surface area (Å²) in [6.45, 7) is 6.42. The van der Waals surface area contributed by atoms with Crippen LogP contribution in [0.25, 0.3) is 0 Å². The van der Waals surface area contributed by atoms with Gasteiger partial charge in [0.1, 0.15) is 6.61 Å². The van der Waals surface area contributed by atoms with Crippen LogP contribution in [0.5, 0.6) is 0 Å². The summed E-state index contributed by atoms with van der Waals surface area (Å²) in [5.74, 6) is 0.686. The molecule has 0 aromatic heterocycles. The van der Waals surface area contributed by atoms with E-state index in [2.05, 4.69) is 24.5 Å². The monoisotopic (exact) mass is 240 g/mol. The Hall–Kier alpha value is -0.610. The number of carbonyl (C=O) groups is 1. The topological polar surface area (TPSA) is 50.4 Å². The van der Waals surface area contributed by atoms with Crippen molar-refractivity contribution in [3.63, 3.8) is 0 Å². The maximum atomic E-state index is 11.8. The minimum absolute atomic E-state index is 0.0282. The highest BCUT2D eigenvalue weighted by molar-refractivity contribution is 5.78. The van der Waals surface area contributed by atoms with Gasteiger partial charge < -0.3 is 15.4 Å². The Kier molecular flexibility index (Phi) is 4.05. The number of ether oxygens (including phenoxy) is 1. The lowest BCUT2D eigenvalue weighted by molar-refractivity contribution is -0.130. The van der Waals surface area contributed by atoms with E-state index in [0.29, 0.717) is 5.92 Å². The van der Waals surface area contributed by atoms with E-state index in [1.165, 1.54) is 12.8 Å². The van der Waals surface area contributed by atoms with Crippen LogP contribution in [0.4, 0.5) is 0 Å². The zero-order valence-electron chi connectivity index (χ0n) is 10.9. The molecule has 0 aromatic rings. The second kappa shape index (κ2) is 5.36. The average Bonchev–Trinajstić information content (AvgIpc) is 3.11. The Morgan fingerprint density at radius 2 is 1.94 bits per heavy atom. The van der Waals surface area contributed by atoms with Crippen LogP contribution in [-0.4, -0.2) is 37.2 Å². The van der Waals surface area contributed by atoms with Crippen LogP contribution in [0, 0.1) is 5.92 Å². The van der Waals surface area contributed by atoms with Gasteiger partial charge >= 0.3 is 0 Å². The summed E-state index contributed by atoms with van der Waals surface area (Å²) in [6, 6.07) is 0. The van der Waals surface area contributed by atoms with Crippen molar-refractivity contribution in [2.75, 3.05) is 19.7 Å². The number of nitrogens with one attached hydrogen (secondary N) is 2. The molecule has 2 rings (SSSR count). The first-order chi connectivity index (χ1) is 8.08. The Bertz CT molecular complexity index is 269. The molecule has 1 saturated carbocycles. The van der Waals surface area contributed by atoms with Crippen LogP contribution in [0.2, 0.25) is 0 Å². The number of amides is 1. The van der Waals surface area contributed by atoms with E-state index in [-0.39, 0.29) is 24.2 Å². The zero-order chi connectivity index (χ0) is 12.3. The summed E-state index contributed by atoms with van der Waals surface area (Å²) < 4.78 is 5.64. The van der Waals surface area contributed by atoms with Crippen LogP contribution < -0.4 is 10.6 Å². The van der Waals surface area contributed by atoms with Crippen molar-refractivity contribution in [2.24, 2.45) is 5.92 Å². The lowest BCUT2D eigenvalue weighted by Crippen LogP contribution is -2.47. The molecule has 2 fully saturated rings. The van der Waals surface area contributed by atoms with Gasteiger partial charge in [-0.05, 0) is 58.5 Å². The molecule has 0 atom stereocenters. The molecule has 0 unspecified atom stereocenters. The van der Waals surface area contributed by atoms with Crippen molar-refractivity contribution < 1.29 is 9.53 Å². The van der Waals surface area contributed by atoms with Crippen molar-refractivity contribution in [2.45, 2.75) is 51.2 Å². The molecule has 2 N–H and O–H groups in total. The number of rotatable bonds is 5. The van der Waals surface area contributed by atoms with Crippen molar-refractivity contribution in [1.82, 2.24) is 10.6 Å². The Balaban J connectivity index is 1.66. The Morgan fingerprint density at radius 1 is 1.29 bits per heavy atom. The predicted octanol–water partition coefficient (Wildman–Crippen LogP) is 1.06. The Morgan fingerprint density at radius 3 is 2.53 bits per heavy atom. The van der Waals surface area contributed by atoms with Gasteiger partial charge in [-0.25, -0.2) is 0 Å². The first-order valence-electron chi connectivity index (χ1n) is 6.71. The first-order valence-corrected chi connectivity index (χ1v) is 6.71. The molecule has 4 heteroatoms. The summed E-state index contributed by atoms with van der Waals surface area (Å²) in [5, 5.41) is 6.36. The van der Waals surface area contributed by atoms with E-state index in [1.54, 1.807) is 0 Å². The number of piperidine rings is 1. The van der Waals surface area contributed by atoms with Crippen molar-refractivity contribution in [3.05, 3.63) is 0 Å². The molecule has 17 heavy (non-hydrogen) atoms. The molecule has 98 valence electrons. The Labute approximate surface area is 103 Å². The summed E-state index contributed by atoms with van der Waals surface area (Å²) in [7, 11) is 0. The summed E-state index contributed by atoms with van der Waals surface area (Å²) in [4.78, 5) is 11.8. The standard InChI is InChI=1S/C13H24N2O2/c1-13(2,10-3-4-10)15-12(16)9-17-11-5-7-14-8-6-11/h10-11,14H,3-9H2,1-2H3,(H,15,16). The van der Waals surface area contributed by atoms with Crippen LogP contribution in [0.3, 0.4) is 0 Å². The third kappa shape index (κ3) is 3.96. The molecule has 1 amide bonds. The molecular weight excluding hydrogens is 216 g/mol. The maximum absolute atomic E-state index is 11.8. The second-order valence-corrected chi connectivity index (χ2v) is 5.80. The van der Waals surface area contributed by atoms with Crippen LogP contribution >= 0.6 is 0 Å². The van der Waals surface area contributed by atoms with Gasteiger partial charge in [0.05, 0.1) is 6.10 Å². The number of carbonyl (C=O) groups excluding carboxylic acids is 1. The van der Waals surface area contributed by atoms with Crippen LogP contribution in [0.15, 0.2) is 0 Å². The van der Waals surface area contributed by atoms with E-state index in [9.17, 15) is 4.79 Å². The zero-order valence-corrected chi connectivity index (χ0v) is 10.9. The summed E-state index contributed by atoms with van der Waals surface area (Å²) in [6.07, 6.45) is 4.76. The smallest absolute Gasteiger partial charge is 0.246 e. The molecular formula is C13H24N2O2. The molecule has 2 aliphatic rings. The molecule has 0 spiro atoms.